The number of anilines is 1. The predicted molar refractivity (Wildman–Crippen MR) is 81.3 cm³/mol. The molecule has 7 nitrogen and oxygen atoms in total. The first-order valence-electron chi connectivity index (χ1n) is 6.96. The number of hydrogen-bond acceptors (Lipinski definition) is 6. The van der Waals surface area contributed by atoms with Crippen molar-refractivity contribution in [2.45, 2.75) is 6.92 Å². The maximum absolute atomic E-state index is 11.6. The van der Waals surface area contributed by atoms with Crippen molar-refractivity contribution in [2.75, 3.05) is 24.6 Å². The van der Waals surface area contributed by atoms with Gasteiger partial charge in [0.1, 0.15) is 12.1 Å². The van der Waals surface area contributed by atoms with Gasteiger partial charge in [-0.2, -0.15) is 5.10 Å². The first-order valence-corrected chi connectivity index (χ1v) is 6.96. The Kier molecular flexibility index (Phi) is 3.74. The van der Waals surface area contributed by atoms with E-state index >= 15 is 0 Å². The number of ether oxygens (including phenoxy) is 1. The highest BCUT2D eigenvalue weighted by atomic mass is 35.5. The van der Waals surface area contributed by atoms with Gasteiger partial charge in [-0.1, -0.05) is 0 Å². The number of esters is 1. The molecule has 4 heterocycles. The molecule has 2 atom stereocenters. The average molecular weight is 322 g/mol. The minimum Gasteiger partial charge on any atom is -0.465 e. The summed E-state index contributed by atoms with van der Waals surface area (Å²) in [5.74, 6) is 1.74. The van der Waals surface area contributed by atoms with Crippen molar-refractivity contribution in [3.05, 3.63) is 30.4 Å². The lowest BCUT2D eigenvalue weighted by Gasteiger charge is -2.18. The SMILES string of the molecule is Cc1cnn(-c2cc(N3C[C@@H]4COC(=O)[C@@H]4C3)ncn2)c1.Cl. The zero-order valence-corrected chi connectivity index (χ0v) is 12.9. The van der Waals surface area contributed by atoms with Crippen LogP contribution in [0.15, 0.2) is 24.8 Å². The van der Waals surface area contributed by atoms with Crippen molar-refractivity contribution in [2.24, 2.45) is 11.8 Å². The Balaban J connectivity index is 0.00000144. The molecule has 2 saturated heterocycles. The predicted octanol–water partition coefficient (Wildman–Crippen LogP) is 1.00. The Bertz CT molecular complexity index is 704. The topological polar surface area (TPSA) is 73.1 Å². The molecule has 0 aromatic carbocycles. The molecular formula is C14H16ClN5O2. The normalized spacial score (nSPS) is 23.1. The van der Waals surface area contributed by atoms with Crippen LogP contribution in [-0.2, 0) is 9.53 Å². The molecule has 2 aromatic rings. The summed E-state index contributed by atoms with van der Waals surface area (Å²) in [6.45, 7) is 3.97. The molecule has 2 aromatic heterocycles. The molecule has 8 heteroatoms. The molecule has 2 fully saturated rings. The van der Waals surface area contributed by atoms with Crippen LogP contribution in [-0.4, -0.2) is 45.4 Å². The van der Waals surface area contributed by atoms with Gasteiger partial charge in [-0.15, -0.1) is 12.4 Å². The largest absolute Gasteiger partial charge is 0.465 e. The number of rotatable bonds is 2. The molecule has 0 amide bonds. The van der Waals surface area contributed by atoms with Crippen LogP contribution in [0, 0.1) is 18.8 Å². The van der Waals surface area contributed by atoms with Gasteiger partial charge in [0, 0.05) is 31.3 Å². The zero-order valence-electron chi connectivity index (χ0n) is 12.0. The standard InChI is InChI=1S/C14H15N5O2.ClH/c1-9-3-17-19(4-9)13-2-12(15-8-16-13)18-5-10-7-21-14(20)11(10)6-18;/h2-4,8,10-11H,5-7H2,1H3;1H/t10-,11-;/m1./s1. The number of carbonyl (C=O) groups is 1. The third-order valence-corrected chi connectivity index (χ3v) is 4.09. The van der Waals surface area contributed by atoms with Crippen LogP contribution in [0.2, 0.25) is 0 Å². The lowest BCUT2D eigenvalue weighted by Crippen LogP contribution is -2.24. The van der Waals surface area contributed by atoms with Gasteiger partial charge in [0.15, 0.2) is 5.82 Å². The maximum atomic E-state index is 11.6. The first-order chi connectivity index (χ1) is 10.2. The number of carbonyl (C=O) groups excluding carboxylic acids is 1. The van der Waals surface area contributed by atoms with E-state index in [2.05, 4.69) is 20.0 Å². The molecule has 22 heavy (non-hydrogen) atoms. The summed E-state index contributed by atoms with van der Waals surface area (Å²) in [6, 6.07) is 1.90. The summed E-state index contributed by atoms with van der Waals surface area (Å²) >= 11 is 0. The fourth-order valence-electron chi connectivity index (χ4n) is 2.96. The Morgan fingerprint density at radius 3 is 2.82 bits per heavy atom. The monoisotopic (exact) mass is 321 g/mol. The number of fused-ring (bicyclic) bond motifs is 1. The fourth-order valence-corrected chi connectivity index (χ4v) is 2.96. The van der Waals surface area contributed by atoms with E-state index in [1.165, 1.54) is 6.33 Å². The molecule has 0 N–H and O–H groups in total. The summed E-state index contributed by atoms with van der Waals surface area (Å²) in [5.41, 5.74) is 1.08. The van der Waals surface area contributed by atoms with Crippen molar-refractivity contribution in [3.8, 4) is 5.82 Å². The van der Waals surface area contributed by atoms with Crippen molar-refractivity contribution in [1.82, 2.24) is 19.7 Å². The van der Waals surface area contributed by atoms with E-state index in [1.807, 2.05) is 19.2 Å². The molecular weight excluding hydrogens is 306 g/mol. The minimum atomic E-state index is -0.0838. The van der Waals surface area contributed by atoms with Gasteiger partial charge < -0.3 is 9.64 Å². The highest BCUT2D eigenvalue weighted by molar-refractivity contribution is 5.85. The van der Waals surface area contributed by atoms with Crippen LogP contribution in [0.5, 0.6) is 0 Å². The molecule has 0 aliphatic carbocycles. The Morgan fingerprint density at radius 1 is 1.27 bits per heavy atom. The second kappa shape index (κ2) is 5.57. The lowest BCUT2D eigenvalue weighted by atomic mass is 10.0. The average Bonchev–Trinajstić information content (AvgIpc) is 3.17. The first kappa shape index (κ1) is 14.8. The summed E-state index contributed by atoms with van der Waals surface area (Å²) in [7, 11) is 0. The number of aryl methyl sites for hydroxylation is 1. The second-order valence-corrected chi connectivity index (χ2v) is 5.60. The van der Waals surface area contributed by atoms with Crippen LogP contribution in [0.25, 0.3) is 5.82 Å². The van der Waals surface area contributed by atoms with Gasteiger partial charge in [-0.3, -0.25) is 4.79 Å². The number of halogens is 1. The second-order valence-electron chi connectivity index (χ2n) is 5.60. The Hall–Kier alpha value is -2.15. The van der Waals surface area contributed by atoms with Gasteiger partial charge in [0.2, 0.25) is 0 Å². The van der Waals surface area contributed by atoms with E-state index < -0.39 is 0 Å². The number of aromatic nitrogens is 4. The van der Waals surface area contributed by atoms with Crippen LogP contribution < -0.4 is 4.90 Å². The highest BCUT2D eigenvalue weighted by Gasteiger charge is 2.44. The summed E-state index contributed by atoms with van der Waals surface area (Å²) < 4.78 is 6.82. The summed E-state index contributed by atoms with van der Waals surface area (Å²) in [4.78, 5) is 22.3. The third-order valence-electron chi connectivity index (χ3n) is 4.09. The van der Waals surface area contributed by atoms with Gasteiger partial charge >= 0.3 is 5.97 Å². The van der Waals surface area contributed by atoms with Gasteiger partial charge in [0.05, 0.1) is 18.7 Å². The molecule has 0 spiro atoms. The highest BCUT2D eigenvalue weighted by Crippen LogP contribution is 2.32. The molecule has 0 unspecified atom stereocenters. The smallest absolute Gasteiger partial charge is 0.311 e. The van der Waals surface area contributed by atoms with E-state index in [4.69, 9.17) is 4.74 Å². The molecule has 4 rings (SSSR count). The van der Waals surface area contributed by atoms with Crippen molar-refractivity contribution >= 4 is 24.2 Å². The summed E-state index contributed by atoms with van der Waals surface area (Å²) in [6.07, 6.45) is 5.24. The number of hydrogen-bond donors (Lipinski definition) is 0. The number of nitrogens with zero attached hydrogens (tertiary/aromatic N) is 5. The molecule has 116 valence electrons. The fraction of sp³-hybridized carbons (Fsp3) is 0.429. The van der Waals surface area contributed by atoms with Crippen molar-refractivity contribution < 1.29 is 9.53 Å². The van der Waals surface area contributed by atoms with Crippen LogP contribution in [0.3, 0.4) is 0 Å². The zero-order chi connectivity index (χ0) is 14.4. The van der Waals surface area contributed by atoms with Crippen LogP contribution in [0.4, 0.5) is 5.82 Å². The molecule has 0 bridgehead atoms. The molecule has 2 aliphatic heterocycles. The third kappa shape index (κ3) is 2.41. The van der Waals surface area contributed by atoms with E-state index in [1.54, 1.807) is 10.9 Å². The van der Waals surface area contributed by atoms with E-state index in [0.29, 0.717) is 13.2 Å². The van der Waals surface area contributed by atoms with Crippen molar-refractivity contribution in [1.29, 1.82) is 0 Å². The summed E-state index contributed by atoms with van der Waals surface area (Å²) in [5, 5.41) is 4.26. The molecule has 0 radical (unpaired) electrons. The molecule has 0 saturated carbocycles. The number of cyclic esters (lactones) is 1. The quantitative estimate of drug-likeness (QED) is 0.768. The van der Waals surface area contributed by atoms with Gasteiger partial charge in [0.25, 0.3) is 0 Å². The van der Waals surface area contributed by atoms with E-state index in [0.717, 1.165) is 23.7 Å². The van der Waals surface area contributed by atoms with Crippen molar-refractivity contribution in [3.63, 3.8) is 0 Å². The maximum Gasteiger partial charge on any atom is 0.311 e. The van der Waals surface area contributed by atoms with E-state index in [-0.39, 0.29) is 30.2 Å². The van der Waals surface area contributed by atoms with E-state index in [9.17, 15) is 4.79 Å². The van der Waals surface area contributed by atoms with Crippen LogP contribution >= 0.6 is 12.4 Å². The van der Waals surface area contributed by atoms with Crippen LogP contribution in [0.1, 0.15) is 5.56 Å². The molecule has 2 aliphatic rings. The Labute approximate surface area is 133 Å². The van der Waals surface area contributed by atoms with Gasteiger partial charge in [-0.05, 0) is 12.5 Å². The lowest BCUT2D eigenvalue weighted by molar-refractivity contribution is -0.140. The Morgan fingerprint density at radius 2 is 2.09 bits per heavy atom. The minimum absolute atomic E-state index is 0. The van der Waals surface area contributed by atoms with Gasteiger partial charge in [-0.25, -0.2) is 14.6 Å².